The molecule has 2 saturated carbocycles. The Labute approximate surface area is 187 Å². The van der Waals surface area contributed by atoms with Gasteiger partial charge in [0, 0.05) is 5.39 Å². The van der Waals surface area contributed by atoms with Crippen LogP contribution in [0.2, 0.25) is 0 Å². The molecule has 2 heteroatoms. The molecular weight excluding hydrogens is 386 g/mol. The third kappa shape index (κ3) is 5.32. The van der Waals surface area contributed by atoms with Crippen LogP contribution in [0, 0.1) is 29.4 Å². The van der Waals surface area contributed by atoms with Crippen molar-refractivity contribution in [2.75, 3.05) is 0 Å². The van der Waals surface area contributed by atoms with Crippen molar-refractivity contribution in [3.8, 4) is 0 Å². The third-order valence-electron chi connectivity index (χ3n) is 8.46. The summed E-state index contributed by atoms with van der Waals surface area (Å²) in [6, 6.07) is 7.82. The molecule has 0 spiro atoms. The number of hydrogen-bond acceptors (Lipinski definition) is 0. The number of halogens is 2. The van der Waals surface area contributed by atoms with E-state index >= 15 is 4.39 Å². The molecule has 0 N–H and O–H groups in total. The van der Waals surface area contributed by atoms with Crippen molar-refractivity contribution in [3.63, 3.8) is 0 Å². The molecule has 2 aromatic rings. The van der Waals surface area contributed by atoms with E-state index < -0.39 is 11.6 Å². The van der Waals surface area contributed by atoms with Crippen molar-refractivity contribution >= 4 is 10.8 Å². The number of fused-ring (bicyclic) bond motifs is 1. The molecular formula is C29H40F2. The highest BCUT2D eigenvalue weighted by Crippen LogP contribution is 2.42. The molecule has 0 atom stereocenters. The lowest BCUT2D eigenvalue weighted by Crippen LogP contribution is -2.18. The van der Waals surface area contributed by atoms with Crippen LogP contribution in [-0.2, 0) is 6.42 Å². The van der Waals surface area contributed by atoms with E-state index in [9.17, 15) is 4.39 Å². The third-order valence-corrected chi connectivity index (χ3v) is 8.46. The van der Waals surface area contributed by atoms with Crippen LogP contribution in [0.25, 0.3) is 10.8 Å². The average molecular weight is 427 g/mol. The maximum atomic E-state index is 15.0. The molecule has 0 unspecified atom stereocenters. The SMILES string of the molecule is CCCc1ccc2cc(C3CCC(CCC4CCC(CC)CC4)CC3)c(F)c(F)c2c1. The van der Waals surface area contributed by atoms with E-state index in [4.69, 9.17) is 0 Å². The summed E-state index contributed by atoms with van der Waals surface area (Å²) < 4.78 is 29.9. The Balaban J connectivity index is 1.35. The fraction of sp³-hybridized carbons (Fsp3) is 0.655. The lowest BCUT2D eigenvalue weighted by atomic mass is 9.74. The minimum absolute atomic E-state index is 0.172. The Morgan fingerprint density at radius 2 is 1.35 bits per heavy atom. The maximum absolute atomic E-state index is 15.0. The lowest BCUT2D eigenvalue weighted by molar-refractivity contribution is 0.227. The van der Waals surface area contributed by atoms with Crippen molar-refractivity contribution in [2.24, 2.45) is 17.8 Å². The molecule has 0 radical (unpaired) electrons. The molecule has 0 bridgehead atoms. The second-order valence-electron chi connectivity index (χ2n) is 10.5. The summed E-state index contributed by atoms with van der Waals surface area (Å²) in [5, 5.41) is 1.29. The molecule has 0 amide bonds. The summed E-state index contributed by atoms with van der Waals surface area (Å²) in [5.41, 5.74) is 1.70. The Morgan fingerprint density at radius 3 is 1.97 bits per heavy atom. The van der Waals surface area contributed by atoms with Crippen LogP contribution in [0.1, 0.15) is 108 Å². The number of aryl methyl sites for hydroxylation is 1. The van der Waals surface area contributed by atoms with E-state index in [-0.39, 0.29) is 5.92 Å². The first-order valence-corrected chi connectivity index (χ1v) is 13.0. The zero-order valence-electron chi connectivity index (χ0n) is 19.6. The van der Waals surface area contributed by atoms with Crippen molar-refractivity contribution in [1.82, 2.24) is 0 Å². The number of rotatable bonds is 7. The van der Waals surface area contributed by atoms with Gasteiger partial charge in [-0.1, -0.05) is 77.3 Å². The van der Waals surface area contributed by atoms with Gasteiger partial charge < -0.3 is 0 Å². The van der Waals surface area contributed by atoms with Gasteiger partial charge in [0.15, 0.2) is 11.6 Å². The summed E-state index contributed by atoms with van der Waals surface area (Å²) in [4.78, 5) is 0. The predicted molar refractivity (Wildman–Crippen MR) is 128 cm³/mol. The summed E-state index contributed by atoms with van der Waals surface area (Å²) in [6.07, 6.45) is 16.0. The van der Waals surface area contributed by atoms with Gasteiger partial charge in [-0.3, -0.25) is 0 Å². The normalized spacial score (nSPS) is 27.0. The molecule has 0 saturated heterocycles. The fourth-order valence-corrected chi connectivity index (χ4v) is 6.30. The predicted octanol–water partition coefficient (Wildman–Crippen LogP) is 9.34. The van der Waals surface area contributed by atoms with Gasteiger partial charge >= 0.3 is 0 Å². The molecule has 2 aliphatic rings. The topological polar surface area (TPSA) is 0 Å². The minimum atomic E-state index is -0.643. The minimum Gasteiger partial charge on any atom is -0.203 e. The molecule has 170 valence electrons. The van der Waals surface area contributed by atoms with Gasteiger partial charge in [-0.15, -0.1) is 0 Å². The highest BCUT2D eigenvalue weighted by Gasteiger charge is 2.27. The molecule has 0 aromatic heterocycles. The maximum Gasteiger partial charge on any atom is 0.166 e. The Bertz CT molecular complexity index is 855. The lowest BCUT2D eigenvalue weighted by Gasteiger charge is -2.32. The van der Waals surface area contributed by atoms with Gasteiger partial charge in [-0.25, -0.2) is 8.78 Å². The molecule has 0 nitrogen and oxygen atoms in total. The van der Waals surface area contributed by atoms with E-state index in [2.05, 4.69) is 19.9 Å². The van der Waals surface area contributed by atoms with Gasteiger partial charge in [0.05, 0.1) is 0 Å². The number of hydrogen-bond donors (Lipinski definition) is 0. The van der Waals surface area contributed by atoms with Gasteiger partial charge in [-0.05, 0) is 84.4 Å². The second-order valence-corrected chi connectivity index (χ2v) is 10.5. The van der Waals surface area contributed by atoms with Gasteiger partial charge in [0.25, 0.3) is 0 Å². The van der Waals surface area contributed by atoms with Crippen molar-refractivity contribution in [1.29, 1.82) is 0 Å². The Kier molecular flexibility index (Phi) is 7.67. The van der Waals surface area contributed by atoms with Crippen molar-refractivity contribution in [2.45, 2.75) is 103 Å². The smallest absolute Gasteiger partial charge is 0.166 e. The second kappa shape index (κ2) is 10.5. The summed E-state index contributed by atoms with van der Waals surface area (Å²) >= 11 is 0. The first kappa shape index (κ1) is 22.7. The van der Waals surface area contributed by atoms with Crippen LogP contribution in [-0.4, -0.2) is 0 Å². The van der Waals surface area contributed by atoms with Crippen molar-refractivity contribution < 1.29 is 8.78 Å². The number of benzene rings is 2. The Hall–Kier alpha value is -1.44. The van der Waals surface area contributed by atoms with Crippen LogP contribution in [0.3, 0.4) is 0 Å². The van der Waals surface area contributed by atoms with Crippen LogP contribution in [0.5, 0.6) is 0 Å². The highest BCUT2D eigenvalue weighted by molar-refractivity contribution is 5.85. The fourth-order valence-electron chi connectivity index (χ4n) is 6.30. The van der Waals surface area contributed by atoms with Crippen LogP contribution in [0.15, 0.2) is 24.3 Å². The molecule has 2 aliphatic carbocycles. The monoisotopic (exact) mass is 426 g/mol. The highest BCUT2D eigenvalue weighted by atomic mass is 19.2. The zero-order chi connectivity index (χ0) is 21.8. The molecule has 2 aromatic carbocycles. The van der Waals surface area contributed by atoms with E-state index in [0.717, 1.165) is 54.4 Å². The van der Waals surface area contributed by atoms with E-state index in [1.54, 1.807) is 0 Å². The molecule has 4 rings (SSSR count). The van der Waals surface area contributed by atoms with E-state index in [1.807, 2.05) is 18.2 Å². The molecule has 2 fully saturated rings. The van der Waals surface area contributed by atoms with Crippen molar-refractivity contribution in [3.05, 3.63) is 47.0 Å². The van der Waals surface area contributed by atoms with Crippen LogP contribution in [0.4, 0.5) is 8.78 Å². The largest absolute Gasteiger partial charge is 0.203 e. The standard InChI is InChI=1S/C29H40F2/c1-3-5-23-14-17-25-19-27(29(31)28(30)26(25)18-23)24-15-12-22(13-16-24)11-10-21-8-6-20(4-2)7-9-21/h14,17-22,24H,3-13,15-16H2,1-2H3. The van der Waals surface area contributed by atoms with Crippen LogP contribution < -0.4 is 0 Å². The zero-order valence-corrected chi connectivity index (χ0v) is 19.6. The molecule has 0 aliphatic heterocycles. The molecule has 31 heavy (non-hydrogen) atoms. The van der Waals surface area contributed by atoms with Gasteiger partial charge in [0.1, 0.15) is 0 Å². The summed E-state index contributed by atoms with van der Waals surface area (Å²) in [7, 11) is 0. The Morgan fingerprint density at radius 1 is 0.742 bits per heavy atom. The first-order chi connectivity index (χ1) is 15.1. The van der Waals surface area contributed by atoms with Crippen LogP contribution >= 0.6 is 0 Å². The first-order valence-electron chi connectivity index (χ1n) is 13.0. The quantitative estimate of drug-likeness (QED) is 0.414. The van der Waals surface area contributed by atoms with Gasteiger partial charge in [-0.2, -0.15) is 0 Å². The van der Waals surface area contributed by atoms with Gasteiger partial charge in [0.2, 0.25) is 0 Å². The van der Waals surface area contributed by atoms with E-state index in [1.165, 1.54) is 57.8 Å². The van der Waals surface area contributed by atoms with E-state index in [0.29, 0.717) is 10.9 Å². The molecule has 0 heterocycles. The summed E-state index contributed by atoms with van der Waals surface area (Å²) in [6.45, 7) is 4.44. The average Bonchev–Trinajstić information content (AvgIpc) is 2.81. The summed E-state index contributed by atoms with van der Waals surface area (Å²) in [5.74, 6) is 1.62.